The lowest BCUT2D eigenvalue weighted by Crippen LogP contribution is -2.04. The van der Waals surface area contributed by atoms with Gasteiger partial charge in [0.25, 0.3) is 0 Å². The molecule has 0 unspecified atom stereocenters. The zero-order valence-corrected chi connectivity index (χ0v) is 8.52. The van der Waals surface area contributed by atoms with Gasteiger partial charge in [0, 0.05) is 6.07 Å². The predicted molar refractivity (Wildman–Crippen MR) is 53.1 cm³/mol. The monoisotopic (exact) mass is 180 g/mol. The van der Waals surface area contributed by atoms with E-state index in [1.54, 1.807) is 6.07 Å². The summed E-state index contributed by atoms with van der Waals surface area (Å²) in [7, 11) is 0. The second-order valence-electron chi connectivity index (χ2n) is 3.39. The molecule has 0 N–H and O–H groups in total. The van der Waals surface area contributed by atoms with E-state index < -0.39 is 0 Å². The van der Waals surface area contributed by atoms with Crippen LogP contribution in [0.25, 0.3) is 0 Å². The van der Waals surface area contributed by atoms with E-state index in [0.29, 0.717) is 0 Å². The van der Waals surface area contributed by atoms with Crippen molar-refractivity contribution in [2.75, 3.05) is 0 Å². The van der Waals surface area contributed by atoms with E-state index in [9.17, 15) is 4.79 Å². The maximum Gasteiger partial charge on any atom is 0.336 e. The van der Waals surface area contributed by atoms with Crippen molar-refractivity contribution in [1.29, 1.82) is 0 Å². The molecule has 1 rings (SSSR count). The van der Waals surface area contributed by atoms with Crippen molar-refractivity contribution >= 4 is 0 Å². The maximum atomic E-state index is 11.0. The third kappa shape index (κ3) is 2.44. The van der Waals surface area contributed by atoms with Crippen LogP contribution < -0.4 is 5.63 Å². The fourth-order valence-corrected chi connectivity index (χ4v) is 1.51. The van der Waals surface area contributed by atoms with Gasteiger partial charge in [-0.2, -0.15) is 0 Å². The molecule has 1 heterocycles. The Bertz CT molecular complexity index is 310. The molecule has 0 amide bonds. The quantitative estimate of drug-likeness (QED) is 0.715. The van der Waals surface area contributed by atoms with Crippen LogP contribution in [0.3, 0.4) is 0 Å². The van der Waals surface area contributed by atoms with Crippen LogP contribution in [0.5, 0.6) is 0 Å². The molecule has 1 aromatic heterocycles. The number of hydrogen-bond donors (Lipinski definition) is 0. The lowest BCUT2D eigenvalue weighted by Gasteiger charge is -2.06. The molecule has 0 atom stereocenters. The highest BCUT2D eigenvalue weighted by atomic mass is 16.4. The summed E-state index contributed by atoms with van der Waals surface area (Å²) in [6, 6.07) is 1.57. The van der Waals surface area contributed by atoms with Crippen molar-refractivity contribution in [2.24, 2.45) is 0 Å². The van der Waals surface area contributed by atoms with Gasteiger partial charge in [-0.15, -0.1) is 0 Å². The van der Waals surface area contributed by atoms with Crippen LogP contribution in [0, 0.1) is 13.8 Å². The average Bonchev–Trinajstić information content (AvgIpc) is 2.02. The molecule has 0 aliphatic carbocycles. The van der Waals surface area contributed by atoms with Crippen LogP contribution in [-0.4, -0.2) is 0 Å². The molecule has 1 aromatic rings. The molecule has 72 valence electrons. The first-order valence-electron chi connectivity index (χ1n) is 4.75. The summed E-state index contributed by atoms with van der Waals surface area (Å²) in [5, 5.41) is 0. The van der Waals surface area contributed by atoms with Gasteiger partial charge in [0.2, 0.25) is 0 Å². The standard InChI is InChI=1S/C11H16O2/c1-4-5-6-10-8(2)7-11(12)13-9(10)3/h7H,4-6H2,1-3H3. The van der Waals surface area contributed by atoms with Crippen molar-refractivity contribution in [3.8, 4) is 0 Å². The Hall–Kier alpha value is -1.05. The number of rotatable bonds is 3. The van der Waals surface area contributed by atoms with Crippen LogP contribution in [0.2, 0.25) is 0 Å². The molecule has 0 bridgehead atoms. The summed E-state index contributed by atoms with van der Waals surface area (Å²) in [5.41, 5.74) is 2.01. The zero-order valence-electron chi connectivity index (χ0n) is 8.52. The number of aryl methyl sites for hydroxylation is 2. The normalized spacial score (nSPS) is 10.4. The Kier molecular flexibility index (Phi) is 3.29. The fraction of sp³-hybridized carbons (Fsp3) is 0.545. The van der Waals surface area contributed by atoms with Gasteiger partial charge in [0.15, 0.2) is 0 Å². The second kappa shape index (κ2) is 4.26. The van der Waals surface area contributed by atoms with Gasteiger partial charge < -0.3 is 4.42 Å². The van der Waals surface area contributed by atoms with Crippen molar-refractivity contribution in [2.45, 2.75) is 40.0 Å². The largest absolute Gasteiger partial charge is 0.428 e. The summed E-state index contributed by atoms with van der Waals surface area (Å²) in [4.78, 5) is 11.0. The van der Waals surface area contributed by atoms with Crippen molar-refractivity contribution in [3.63, 3.8) is 0 Å². The minimum atomic E-state index is -0.241. The molecule has 0 spiro atoms. The molecule has 0 aromatic carbocycles. The van der Waals surface area contributed by atoms with Crippen molar-refractivity contribution < 1.29 is 4.42 Å². The third-order valence-corrected chi connectivity index (χ3v) is 2.27. The first-order valence-corrected chi connectivity index (χ1v) is 4.75. The topological polar surface area (TPSA) is 30.2 Å². The van der Waals surface area contributed by atoms with Crippen LogP contribution in [0.4, 0.5) is 0 Å². The first-order chi connectivity index (χ1) is 6.15. The van der Waals surface area contributed by atoms with Gasteiger partial charge in [0.1, 0.15) is 5.76 Å². The van der Waals surface area contributed by atoms with Crippen LogP contribution in [-0.2, 0) is 6.42 Å². The molecule has 2 nitrogen and oxygen atoms in total. The molecule has 0 radical (unpaired) electrons. The lowest BCUT2D eigenvalue weighted by atomic mass is 10.0. The van der Waals surface area contributed by atoms with E-state index in [1.165, 1.54) is 5.56 Å². The van der Waals surface area contributed by atoms with E-state index in [1.807, 2.05) is 13.8 Å². The summed E-state index contributed by atoms with van der Waals surface area (Å²) >= 11 is 0. The van der Waals surface area contributed by atoms with Gasteiger partial charge in [-0.25, -0.2) is 4.79 Å². The summed E-state index contributed by atoms with van der Waals surface area (Å²) in [6.07, 6.45) is 3.32. The van der Waals surface area contributed by atoms with E-state index in [-0.39, 0.29) is 5.63 Å². The SMILES string of the molecule is CCCCc1c(C)cc(=O)oc1C. The van der Waals surface area contributed by atoms with Crippen LogP contribution in [0.15, 0.2) is 15.3 Å². The molecule has 0 fully saturated rings. The van der Waals surface area contributed by atoms with Gasteiger partial charge >= 0.3 is 5.63 Å². The molecule has 0 aliphatic heterocycles. The minimum absolute atomic E-state index is 0.241. The average molecular weight is 180 g/mol. The van der Waals surface area contributed by atoms with E-state index >= 15 is 0 Å². The fourth-order valence-electron chi connectivity index (χ4n) is 1.51. The Morgan fingerprint density at radius 3 is 2.62 bits per heavy atom. The second-order valence-corrected chi connectivity index (χ2v) is 3.39. The van der Waals surface area contributed by atoms with Gasteiger partial charge in [0.05, 0.1) is 0 Å². The molecule has 0 saturated carbocycles. The maximum absolute atomic E-state index is 11.0. The minimum Gasteiger partial charge on any atom is -0.428 e. The number of unbranched alkanes of at least 4 members (excludes halogenated alkanes) is 1. The molecule has 13 heavy (non-hydrogen) atoms. The van der Waals surface area contributed by atoms with Gasteiger partial charge in [-0.05, 0) is 37.8 Å². The lowest BCUT2D eigenvalue weighted by molar-refractivity contribution is 0.469. The van der Waals surface area contributed by atoms with E-state index in [2.05, 4.69) is 6.92 Å². The molecular weight excluding hydrogens is 164 g/mol. The van der Waals surface area contributed by atoms with Crippen LogP contribution in [0.1, 0.15) is 36.7 Å². The zero-order chi connectivity index (χ0) is 9.84. The Labute approximate surface area is 78.6 Å². The smallest absolute Gasteiger partial charge is 0.336 e. The number of hydrogen-bond acceptors (Lipinski definition) is 2. The Morgan fingerprint density at radius 2 is 2.08 bits per heavy atom. The van der Waals surface area contributed by atoms with Crippen LogP contribution >= 0.6 is 0 Å². The first kappa shape index (κ1) is 10.0. The molecule has 2 heteroatoms. The third-order valence-electron chi connectivity index (χ3n) is 2.27. The highest BCUT2D eigenvalue weighted by Crippen LogP contribution is 2.13. The molecule has 0 aliphatic rings. The Morgan fingerprint density at radius 1 is 1.38 bits per heavy atom. The Balaban J connectivity index is 2.99. The summed E-state index contributed by atoms with van der Waals surface area (Å²) < 4.78 is 5.03. The summed E-state index contributed by atoms with van der Waals surface area (Å²) in [6.45, 7) is 5.98. The highest BCUT2D eigenvalue weighted by Gasteiger charge is 2.05. The van der Waals surface area contributed by atoms with Gasteiger partial charge in [-0.1, -0.05) is 13.3 Å². The molecule has 0 saturated heterocycles. The van der Waals surface area contributed by atoms with Crippen molar-refractivity contribution in [3.05, 3.63) is 33.4 Å². The predicted octanol–water partition coefficient (Wildman–Crippen LogP) is 2.60. The van der Waals surface area contributed by atoms with E-state index in [4.69, 9.17) is 4.42 Å². The van der Waals surface area contributed by atoms with Gasteiger partial charge in [-0.3, -0.25) is 0 Å². The molecular formula is C11H16O2. The summed E-state index contributed by atoms with van der Waals surface area (Å²) in [5.74, 6) is 0.776. The highest BCUT2D eigenvalue weighted by molar-refractivity contribution is 5.26. The van der Waals surface area contributed by atoms with Crippen molar-refractivity contribution in [1.82, 2.24) is 0 Å². The van der Waals surface area contributed by atoms with E-state index in [0.717, 1.165) is 30.6 Å².